The van der Waals surface area contributed by atoms with Crippen molar-refractivity contribution in [2.45, 2.75) is 45.1 Å². The molecule has 3 aliphatic heterocycles. The van der Waals surface area contributed by atoms with Crippen molar-refractivity contribution in [2.75, 3.05) is 13.1 Å². The van der Waals surface area contributed by atoms with E-state index in [4.69, 9.17) is 15.7 Å². The zero-order valence-electron chi connectivity index (χ0n) is 21.6. The average Bonchev–Trinajstić information content (AvgIpc) is 3.41. The van der Waals surface area contributed by atoms with Crippen LogP contribution in [0.5, 0.6) is 0 Å². The van der Waals surface area contributed by atoms with E-state index in [0.29, 0.717) is 23.5 Å². The minimum atomic E-state index is -0.458. The van der Waals surface area contributed by atoms with Gasteiger partial charge in [-0.1, -0.05) is 18.2 Å². The van der Waals surface area contributed by atoms with Crippen LogP contribution < -0.4 is 11.1 Å². The van der Waals surface area contributed by atoms with Crippen LogP contribution in [0, 0.1) is 24.1 Å². The van der Waals surface area contributed by atoms with Crippen LogP contribution in [0.4, 0.5) is 9.18 Å². The number of nitrogens with one attached hydrogen (secondary N) is 1. The molecule has 2 atom stereocenters. The van der Waals surface area contributed by atoms with E-state index in [0.717, 1.165) is 47.4 Å². The number of urea groups is 1. The molecule has 3 aromatic rings. The number of aryl methyl sites for hydroxylation is 1. The highest BCUT2D eigenvalue weighted by atomic mass is 19.1. The molecule has 9 nitrogen and oxygen atoms in total. The quantitative estimate of drug-likeness (QED) is 0.525. The lowest BCUT2D eigenvalue weighted by Crippen LogP contribution is -2.59. The molecule has 1 aromatic heterocycles. The molecule has 4 heterocycles. The number of carbonyl (C=O) groups is 1. The number of rotatable bonds is 5. The van der Waals surface area contributed by atoms with Crippen molar-refractivity contribution in [3.8, 4) is 6.07 Å². The Morgan fingerprint density at radius 3 is 2.87 bits per heavy atom. The third-order valence-corrected chi connectivity index (χ3v) is 7.54. The van der Waals surface area contributed by atoms with Gasteiger partial charge in [-0.3, -0.25) is 9.80 Å². The number of piperidine rings is 1. The largest absolute Gasteiger partial charge is 0.367 e. The number of fused-ring (bicyclic) bond motifs is 2. The van der Waals surface area contributed by atoms with E-state index in [1.165, 1.54) is 18.2 Å². The Kier molecular flexibility index (Phi) is 6.37. The predicted octanol–water partition coefficient (Wildman–Crippen LogP) is 3.46. The topological polar surface area (TPSA) is 114 Å². The van der Waals surface area contributed by atoms with Gasteiger partial charge in [0.1, 0.15) is 23.6 Å². The molecule has 10 heteroatoms. The van der Waals surface area contributed by atoms with E-state index >= 15 is 0 Å². The molecule has 0 saturated carbocycles. The lowest BCUT2D eigenvalue weighted by Gasteiger charge is -2.46. The number of aromatic nitrogens is 2. The van der Waals surface area contributed by atoms with Crippen molar-refractivity contribution >= 4 is 16.9 Å². The molecule has 198 valence electrons. The number of hydrogen-bond acceptors (Lipinski definition) is 7. The number of nitriles is 1. The van der Waals surface area contributed by atoms with Crippen LogP contribution in [0.2, 0.25) is 0 Å². The van der Waals surface area contributed by atoms with E-state index in [1.807, 2.05) is 43.5 Å². The van der Waals surface area contributed by atoms with Crippen LogP contribution in [0.1, 0.15) is 35.5 Å². The Bertz CT molecular complexity index is 1560. The minimum Gasteiger partial charge on any atom is -0.367 e. The summed E-state index contributed by atoms with van der Waals surface area (Å²) in [5.74, 6) is 0.806. The molecule has 1 saturated heterocycles. The third kappa shape index (κ3) is 4.55. The molecule has 0 aliphatic carbocycles. The van der Waals surface area contributed by atoms with Crippen LogP contribution in [0.3, 0.4) is 0 Å². The summed E-state index contributed by atoms with van der Waals surface area (Å²) in [4.78, 5) is 29.2. The van der Waals surface area contributed by atoms with Gasteiger partial charge in [-0.2, -0.15) is 5.26 Å². The van der Waals surface area contributed by atoms with Crippen LogP contribution in [-0.4, -0.2) is 56.0 Å². The molecular formula is C29H29FN8O. The highest BCUT2D eigenvalue weighted by Crippen LogP contribution is 2.35. The van der Waals surface area contributed by atoms with Gasteiger partial charge in [0.15, 0.2) is 0 Å². The van der Waals surface area contributed by atoms with E-state index in [2.05, 4.69) is 16.3 Å². The van der Waals surface area contributed by atoms with E-state index in [9.17, 15) is 14.4 Å². The number of para-hydroxylation sites is 1. The van der Waals surface area contributed by atoms with Gasteiger partial charge < -0.3 is 16.0 Å². The Morgan fingerprint density at radius 2 is 2.05 bits per heavy atom. The van der Waals surface area contributed by atoms with Gasteiger partial charge in [-0.05, 0) is 61.9 Å². The molecule has 0 radical (unpaired) electrons. The summed E-state index contributed by atoms with van der Waals surface area (Å²) < 4.78 is 14.3. The Balaban J connectivity index is 1.43. The highest BCUT2D eigenvalue weighted by Gasteiger charge is 2.43. The molecule has 0 bridgehead atoms. The van der Waals surface area contributed by atoms with Crippen LogP contribution in [-0.2, 0) is 13.1 Å². The standard InChI is InChI=1S/C29H29FN8O/c1-18-23-6-2-3-7-25(23)35-26(34-18)17-37-27-24(10-11-33-27)28(36-12-4-5-22(32)16-36)38(29(37)39)15-20-13-21(30)9-8-19(20)14-31/h2-3,6-11,13,22,27,33H,4-5,12,15-17,32H2,1H3. The molecular weight excluding hydrogens is 495 g/mol. The van der Waals surface area contributed by atoms with Crippen molar-refractivity contribution in [3.05, 3.63) is 94.6 Å². The van der Waals surface area contributed by atoms with Gasteiger partial charge in [0.25, 0.3) is 0 Å². The Hall–Kier alpha value is -4.49. The van der Waals surface area contributed by atoms with E-state index < -0.39 is 12.0 Å². The summed E-state index contributed by atoms with van der Waals surface area (Å²) in [6, 6.07) is 13.7. The SMILES string of the molecule is Cc1nc(CN2C(=O)N(Cc3cc(F)ccc3C#N)C(N3CCCC(N)C3)=C3C=CNC32)nc2ccccc12. The predicted molar refractivity (Wildman–Crippen MR) is 144 cm³/mol. The van der Waals surface area contributed by atoms with Crippen LogP contribution in [0.25, 0.3) is 10.9 Å². The van der Waals surface area contributed by atoms with Crippen LogP contribution in [0.15, 0.2) is 66.1 Å². The minimum absolute atomic E-state index is 0.0172. The zero-order valence-corrected chi connectivity index (χ0v) is 21.6. The van der Waals surface area contributed by atoms with E-state index in [1.54, 1.807) is 9.80 Å². The Labute approximate surface area is 226 Å². The summed E-state index contributed by atoms with van der Waals surface area (Å²) in [5.41, 5.74) is 9.67. The number of amides is 2. The van der Waals surface area contributed by atoms with Gasteiger partial charge in [0, 0.05) is 35.8 Å². The number of nitrogens with zero attached hydrogens (tertiary/aromatic N) is 6. The van der Waals surface area contributed by atoms with E-state index in [-0.39, 0.29) is 25.2 Å². The molecule has 2 amide bonds. The molecule has 1 fully saturated rings. The summed E-state index contributed by atoms with van der Waals surface area (Å²) in [6.45, 7) is 3.50. The average molecular weight is 525 g/mol. The number of halogens is 1. The number of likely N-dealkylation sites (tertiary alicyclic amines) is 1. The van der Waals surface area contributed by atoms with Gasteiger partial charge in [0.05, 0.1) is 30.2 Å². The first kappa shape index (κ1) is 24.8. The molecule has 2 unspecified atom stereocenters. The van der Waals surface area contributed by atoms with Gasteiger partial charge in [-0.15, -0.1) is 0 Å². The van der Waals surface area contributed by atoms with Gasteiger partial charge in [0.2, 0.25) is 0 Å². The first-order valence-corrected chi connectivity index (χ1v) is 13.1. The fraction of sp³-hybridized carbons (Fsp3) is 0.310. The zero-order chi connectivity index (χ0) is 27.1. The Morgan fingerprint density at radius 1 is 1.21 bits per heavy atom. The monoisotopic (exact) mass is 524 g/mol. The van der Waals surface area contributed by atoms with Crippen molar-refractivity contribution in [1.29, 1.82) is 5.26 Å². The third-order valence-electron chi connectivity index (χ3n) is 7.54. The second-order valence-electron chi connectivity index (χ2n) is 10.2. The lowest BCUT2D eigenvalue weighted by atomic mass is 10.0. The van der Waals surface area contributed by atoms with Crippen molar-refractivity contribution in [3.63, 3.8) is 0 Å². The normalized spacial score (nSPS) is 20.9. The first-order chi connectivity index (χ1) is 18.9. The smallest absolute Gasteiger partial charge is 0.328 e. The molecule has 3 N–H and O–H groups in total. The van der Waals surface area contributed by atoms with Crippen molar-refractivity contribution < 1.29 is 9.18 Å². The summed E-state index contributed by atoms with van der Waals surface area (Å²) in [7, 11) is 0. The highest BCUT2D eigenvalue weighted by molar-refractivity contribution is 5.81. The molecule has 0 spiro atoms. The number of nitrogens with two attached hydrogens (primary N) is 1. The summed E-state index contributed by atoms with van der Waals surface area (Å²) in [5, 5.41) is 14.0. The lowest BCUT2D eigenvalue weighted by molar-refractivity contribution is 0.0984. The summed E-state index contributed by atoms with van der Waals surface area (Å²) in [6.07, 6.45) is 5.20. The fourth-order valence-electron chi connectivity index (χ4n) is 5.72. The number of benzene rings is 2. The van der Waals surface area contributed by atoms with Crippen LogP contribution >= 0.6 is 0 Å². The maximum Gasteiger partial charge on any atom is 0.328 e. The van der Waals surface area contributed by atoms with Gasteiger partial charge in [-0.25, -0.2) is 19.2 Å². The fourth-order valence-corrected chi connectivity index (χ4v) is 5.72. The first-order valence-electron chi connectivity index (χ1n) is 13.1. The second kappa shape index (κ2) is 10.0. The second-order valence-corrected chi connectivity index (χ2v) is 10.2. The molecule has 39 heavy (non-hydrogen) atoms. The summed E-state index contributed by atoms with van der Waals surface area (Å²) >= 11 is 0. The maximum atomic E-state index is 14.3. The molecule has 3 aliphatic rings. The number of carbonyl (C=O) groups excluding carboxylic acids is 1. The van der Waals surface area contributed by atoms with Crippen molar-refractivity contribution in [2.24, 2.45) is 5.73 Å². The number of hydrogen-bond donors (Lipinski definition) is 2. The molecule has 6 rings (SSSR count). The van der Waals surface area contributed by atoms with Crippen molar-refractivity contribution in [1.82, 2.24) is 30.0 Å². The maximum absolute atomic E-state index is 14.3. The van der Waals surface area contributed by atoms with Gasteiger partial charge >= 0.3 is 6.03 Å². The molecule has 2 aromatic carbocycles.